The smallest absolute Gasteiger partial charge is 0.387 e. The van der Waals surface area contributed by atoms with Gasteiger partial charge in [-0.3, -0.25) is 4.79 Å². The first-order chi connectivity index (χ1) is 12.0. The zero-order valence-electron chi connectivity index (χ0n) is 13.4. The number of anilines is 1. The van der Waals surface area contributed by atoms with Gasteiger partial charge in [-0.15, -0.1) is 0 Å². The van der Waals surface area contributed by atoms with Gasteiger partial charge in [0.1, 0.15) is 5.76 Å². The first kappa shape index (κ1) is 18.2. The number of carbonyl (C=O) groups excluding carboxylic acids is 1. The molecule has 0 aliphatic carbocycles. The van der Waals surface area contributed by atoms with E-state index in [0.29, 0.717) is 11.3 Å². The molecule has 0 aliphatic rings. The van der Waals surface area contributed by atoms with Gasteiger partial charge in [0.2, 0.25) is 0 Å². The molecule has 0 aliphatic heterocycles. The summed E-state index contributed by atoms with van der Waals surface area (Å²) in [6.07, 6.45) is 1.29. The lowest BCUT2D eigenvalue weighted by molar-refractivity contribution is -0.120. The van der Waals surface area contributed by atoms with Crippen molar-refractivity contribution < 1.29 is 32.4 Å². The fourth-order valence-electron chi connectivity index (χ4n) is 1.76. The van der Waals surface area contributed by atoms with Crippen LogP contribution >= 0.6 is 0 Å². The zero-order chi connectivity index (χ0) is 18.2. The molecule has 0 unspecified atom stereocenters. The number of aryl methyl sites for hydroxylation is 1. The van der Waals surface area contributed by atoms with Crippen molar-refractivity contribution in [2.24, 2.45) is 5.16 Å². The quantitative estimate of drug-likeness (QED) is 0.578. The average Bonchev–Trinajstić information content (AvgIpc) is 2.97. The number of rotatable bonds is 8. The van der Waals surface area contributed by atoms with E-state index in [1.165, 1.54) is 31.5 Å². The summed E-state index contributed by atoms with van der Waals surface area (Å²) >= 11 is 0. The Labute approximate surface area is 141 Å². The molecule has 0 spiro atoms. The first-order valence-corrected chi connectivity index (χ1v) is 6.99. The number of amides is 1. The van der Waals surface area contributed by atoms with Crippen LogP contribution in [0.25, 0.3) is 0 Å². The third-order valence-corrected chi connectivity index (χ3v) is 2.77. The number of nitrogens with one attached hydrogen (secondary N) is 1. The molecule has 2 aromatic rings. The molecule has 1 aromatic carbocycles. The molecule has 0 bridgehead atoms. The minimum Gasteiger partial charge on any atom is -0.493 e. The lowest BCUT2D eigenvalue weighted by Crippen LogP contribution is -2.17. The number of alkyl halides is 2. The number of benzene rings is 1. The second-order valence-corrected chi connectivity index (χ2v) is 4.67. The van der Waals surface area contributed by atoms with Crippen LogP contribution in [0.3, 0.4) is 0 Å². The van der Waals surface area contributed by atoms with Crippen molar-refractivity contribution in [3.8, 4) is 11.5 Å². The molecule has 134 valence electrons. The maximum absolute atomic E-state index is 12.2. The van der Waals surface area contributed by atoms with E-state index < -0.39 is 12.5 Å². The standard InChI is InChI=1S/C15H15F2N3O5/c1-9-5-13(20-25-9)19-14(21)8-23-18-7-10-3-4-11(24-15(16)17)12(6-10)22-2/h3-7,15H,8H2,1-2H3,(H,19,20,21)/b18-7-. The Hall–Kier alpha value is -3.17. The van der Waals surface area contributed by atoms with Gasteiger partial charge in [0, 0.05) is 11.6 Å². The number of aromatic nitrogens is 1. The van der Waals surface area contributed by atoms with E-state index in [4.69, 9.17) is 14.1 Å². The summed E-state index contributed by atoms with van der Waals surface area (Å²) in [5.74, 6) is 0.377. The fraction of sp³-hybridized carbons (Fsp3) is 0.267. The number of ether oxygens (including phenoxy) is 2. The van der Waals surface area contributed by atoms with Crippen molar-refractivity contribution >= 4 is 17.9 Å². The third-order valence-electron chi connectivity index (χ3n) is 2.77. The van der Waals surface area contributed by atoms with Crippen LogP contribution in [0.4, 0.5) is 14.6 Å². The summed E-state index contributed by atoms with van der Waals surface area (Å²) in [6, 6.07) is 5.77. The van der Waals surface area contributed by atoms with Gasteiger partial charge < -0.3 is 24.2 Å². The van der Waals surface area contributed by atoms with Gasteiger partial charge in [0.15, 0.2) is 23.9 Å². The molecule has 25 heavy (non-hydrogen) atoms. The van der Waals surface area contributed by atoms with Crippen LogP contribution in [0.2, 0.25) is 0 Å². The maximum atomic E-state index is 12.2. The molecule has 10 heteroatoms. The van der Waals surface area contributed by atoms with E-state index >= 15 is 0 Å². The SMILES string of the molecule is COc1cc(/C=N\OCC(=O)Nc2cc(C)on2)ccc1OC(F)F. The lowest BCUT2D eigenvalue weighted by Gasteiger charge is -2.09. The molecule has 0 radical (unpaired) electrons. The molecule has 0 atom stereocenters. The second kappa shape index (κ2) is 8.62. The molecule has 1 N–H and O–H groups in total. The van der Waals surface area contributed by atoms with Crippen LogP contribution in [0, 0.1) is 6.92 Å². The zero-order valence-corrected chi connectivity index (χ0v) is 13.4. The molecule has 1 heterocycles. The minimum absolute atomic E-state index is 0.0992. The van der Waals surface area contributed by atoms with Crippen LogP contribution in [-0.2, 0) is 9.63 Å². The Morgan fingerprint density at radius 2 is 2.20 bits per heavy atom. The average molecular weight is 355 g/mol. The molecule has 1 amide bonds. The Kier molecular flexibility index (Phi) is 6.26. The summed E-state index contributed by atoms with van der Waals surface area (Å²) < 4.78 is 38.6. The van der Waals surface area contributed by atoms with Crippen LogP contribution < -0.4 is 14.8 Å². The highest BCUT2D eigenvalue weighted by molar-refractivity contribution is 5.90. The highest BCUT2D eigenvalue weighted by atomic mass is 19.3. The lowest BCUT2D eigenvalue weighted by atomic mass is 10.2. The number of hydrogen-bond acceptors (Lipinski definition) is 7. The summed E-state index contributed by atoms with van der Waals surface area (Å²) in [7, 11) is 1.32. The highest BCUT2D eigenvalue weighted by Gasteiger charge is 2.10. The Balaban J connectivity index is 1.85. The first-order valence-electron chi connectivity index (χ1n) is 6.99. The van der Waals surface area contributed by atoms with Crippen LogP contribution in [0.15, 0.2) is 33.9 Å². The van der Waals surface area contributed by atoms with Gasteiger partial charge in [-0.1, -0.05) is 10.3 Å². The van der Waals surface area contributed by atoms with Gasteiger partial charge in [0.05, 0.1) is 13.3 Å². The number of nitrogens with zero attached hydrogens (tertiary/aromatic N) is 2. The number of carbonyl (C=O) groups is 1. The largest absolute Gasteiger partial charge is 0.493 e. The van der Waals surface area contributed by atoms with E-state index in [2.05, 4.69) is 20.4 Å². The van der Waals surface area contributed by atoms with Crippen LogP contribution in [0.5, 0.6) is 11.5 Å². The number of halogens is 2. The Bertz CT molecular complexity index is 749. The molecule has 1 aromatic heterocycles. The number of methoxy groups -OCH3 is 1. The minimum atomic E-state index is -2.95. The van der Waals surface area contributed by atoms with Crippen LogP contribution in [-0.4, -0.2) is 37.6 Å². The van der Waals surface area contributed by atoms with Crippen molar-refractivity contribution in [1.29, 1.82) is 0 Å². The molecule has 2 rings (SSSR count). The van der Waals surface area contributed by atoms with Gasteiger partial charge >= 0.3 is 6.61 Å². The van der Waals surface area contributed by atoms with E-state index in [0.717, 1.165) is 0 Å². The topological polar surface area (TPSA) is 95.2 Å². The number of hydrogen-bond donors (Lipinski definition) is 1. The maximum Gasteiger partial charge on any atom is 0.387 e. The predicted octanol–water partition coefficient (Wildman–Crippen LogP) is 2.58. The summed E-state index contributed by atoms with van der Waals surface area (Å²) in [6.45, 7) is -1.61. The van der Waals surface area contributed by atoms with Gasteiger partial charge in [0.25, 0.3) is 5.91 Å². The Morgan fingerprint density at radius 1 is 1.40 bits per heavy atom. The van der Waals surface area contributed by atoms with Crippen molar-refractivity contribution in [3.63, 3.8) is 0 Å². The Morgan fingerprint density at radius 3 is 2.84 bits per heavy atom. The van der Waals surface area contributed by atoms with Crippen molar-refractivity contribution in [1.82, 2.24) is 5.16 Å². The van der Waals surface area contributed by atoms with Crippen LogP contribution in [0.1, 0.15) is 11.3 Å². The third kappa shape index (κ3) is 5.75. The van der Waals surface area contributed by atoms with E-state index in [-0.39, 0.29) is 23.9 Å². The van der Waals surface area contributed by atoms with Crippen molar-refractivity contribution in [2.45, 2.75) is 13.5 Å². The van der Waals surface area contributed by atoms with Gasteiger partial charge in [-0.2, -0.15) is 8.78 Å². The van der Waals surface area contributed by atoms with Crippen molar-refractivity contribution in [2.75, 3.05) is 19.0 Å². The molecule has 0 saturated carbocycles. The fourth-order valence-corrected chi connectivity index (χ4v) is 1.76. The summed E-state index contributed by atoms with van der Waals surface area (Å²) in [5.41, 5.74) is 0.506. The van der Waals surface area contributed by atoms with E-state index in [1.807, 2.05) is 0 Å². The normalized spacial score (nSPS) is 10.9. The molecular weight excluding hydrogens is 340 g/mol. The second-order valence-electron chi connectivity index (χ2n) is 4.67. The van der Waals surface area contributed by atoms with Gasteiger partial charge in [-0.05, 0) is 25.1 Å². The summed E-state index contributed by atoms with van der Waals surface area (Å²) in [4.78, 5) is 16.4. The molecule has 0 saturated heterocycles. The van der Waals surface area contributed by atoms with E-state index in [1.54, 1.807) is 13.0 Å². The molecule has 0 fully saturated rings. The summed E-state index contributed by atoms with van der Waals surface area (Å²) in [5, 5.41) is 9.67. The van der Waals surface area contributed by atoms with Gasteiger partial charge in [-0.25, -0.2) is 0 Å². The number of oxime groups is 1. The van der Waals surface area contributed by atoms with Crippen molar-refractivity contribution in [3.05, 3.63) is 35.6 Å². The molecular formula is C15H15F2N3O5. The highest BCUT2D eigenvalue weighted by Crippen LogP contribution is 2.28. The monoisotopic (exact) mass is 355 g/mol. The van der Waals surface area contributed by atoms with E-state index in [9.17, 15) is 13.6 Å². The molecule has 8 nitrogen and oxygen atoms in total. The predicted molar refractivity (Wildman–Crippen MR) is 83.0 cm³/mol.